The number of aryl methyl sites for hydroxylation is 1. The molecule has 27 heavy (non-hydrogen) atoms. The van der Waals surface area contributed by atoms with E-state index in [-0.39, 0.29) is 12.1 Å². The van der Waals surface area contributed by atoms with Gasteiger partial charge in [-0.15, -0.1) is 0 Å². The number of thiocarbonyl (C=S) groups is 1. The third kappa shape index (κ3) is 3.35. The molecule has 2 aromatic heterocycles. The third-order valence-corrected chi connectivity index (χ3v) is 5.41. The van der Waals surface area contributed by atoms with E-state index in [1.807, 2.05) is 18.3 Å². The summed E-state index contributed by atoms with van der Waals surface area (Å²) < 4.78 is 2.26. The molecule has 4 nitrogen and oxygen atoms in total. The van der Waals surface area contributed by atoms with Crippen LogP contribution in [0.15, 0.2) is 67.0 Å². The number of aromatic nitrogens is 2. The molecule has 3 heterocycles. The van der Waals surface area contributed by atoms with Gasteiger partial charge in [-0.25, -0.2) is 0 Å². The summed E-state index contributed by atoms with van der Waals surface area (Å²) in [6, 6.07) is 19.1. The minimum Gasteiger partial charge on any atom is -0.352 e. The first kappa shape index (κ1) is 17.7. The van der Waals surface area contributed by atoms with Crippen molar-refractivity contribution in [1.29, 1.82) is 0 Å². The molecule has 0 aliphatic carbocycles. The number of benzene rings is 1. The number of rotatable bonds is 5. The normalized spacial score (nSPS) is 19.3. The molecule has 0 amide bonds. The first-order valence-corrected chi connectivity index (χ1v) is 9.82. The summed E-state index contributed by atoms with van der Waals surface area (Å²) in [6.07, 6.45) is 5.01. The van der Waals surface area contributed by atoms with E-state index in [0.29, 0.717) is 0 Å². The molecule has 1 fully saturated rings. The van der Waals surface area contributed by atoms with Crippen molar-refractivity contribution in [2.24, 2.45) is 0 Å². The van der Waals surface area contributed by atoms with E-state index < -0.39 is 0 Å². The van der Waals surface area contributed by atoms with E-state index in [1.165, 1.54) is 11.3 Å². The van der Waals surface area contributed by atoms with Gasteiger partial charge in [-0.2, -0.15) is 0 Å². The number of pyridine rings is 1. The van der Waals surface area contributed by atoms with Crippen LogP contribution < -0.4 is 5.32 Å². The van der Waals surface area contributed by atoms with Crippen LogP contribution in [-0.2, 0) is 0 Å². The highest BCUT2D eigenvalue weighted by atomic mass is 32.1. The van der Waals surface area contributed by atoms with Gasteiger partial charge >= 0.3 is 0 Å². The fourth-order valence-corrected chi connectivity index (χ4v) is 4.12. The third-order valence-electron chi connectivity index (χ3n) is 5.06. The zero-order valence-corrected chi connectivity index (χ0v) is 16.5. The van der Waals surface area contributed by atoms with Crippen LogP contribution in [0.2, 0.25) is 0 Å². The highest BCUT2D eigenvalue weighted by molar-refractivity contribution is 7.80. The van der Waals surface area contributed by atoms with Crippen molar-refractivity contribution < 1.29 is 0 Å². The van der Waals surface area contributed by atoms with Gasteiger partial charge in [0.25, 0.3) is 0 Å². The van der Waals surface area contributed by atoms with Crippen LogP contribution >= 0.6 is 12.2 Å². The summed E-state index contributed by atoms with van der Waals surface area (Å²) >= 11 is 5.69. The minimum absolute atomic E-state index is 0.0318. The van der Waals surface area contributed by atoms with Gasteiger partial charge in [0.15, 0.2) is 5.11 Å². The molecule has 2 unspecified atom stereocenters. The average Bonchev–Trinajstić information content (AvgIpc) is 3.28. The molecule has 4 rings (SSSR count). The van der Waals surface area contributed by atoms with Gasteiger partial charge in [-0.05, 0) is 62.0 Å². The lowest BCUT2D eigenvalue weighted by Crippen LogP contribution is -2.31. The molecule has 3 aromatic rings. The van der Waals surface area contributed by atoms with Gasteiger partial charge in [0.2, 0.25) is 0 Å². The summed E-state index contributed by atoms with van der Waals surface area (Å²) in [4.78, 5) is 6.91. The van der Waals surface area contributed by atoms with Crippen molar-refractivity contribution in [1.82, 2.24) is 19.8 Å². The molecule has 5 heteroatoms. The minimum atomic E-state index is 0.0318. The Kier molecular flexibility index (Phi) is 4.94. The maximum absolute atomic E-state index is 5.69. The van der Waals surface area contributed by atoms with Gasteiger partial charge in [-0.1, -0.05) is 30.7 Å². The first-order chi connectivity index (χ1) is 13.2. The van der Waals surface area contributed by atoms with Gasteiger partial charge in [-0.3, -0.25) is 4.98 Å². The van der Waals surface area contributed by atoms with E-state index in [4.69, 9.17) is 12.2 Å². The van der Waals surface area contributed by atoms with Crippen molar-refractivity contribution in [2.45, 2.75) is 32.4 Å². The van der Waals surface area contributed by atoms with E-state index in [9.17, 15) is 0 Å². The maximum Gasteiger partial charge on any atom is 0.170 e. The van der Waals surface area contributed by atoms with Crippen LogP contribution in [0.4, 0.5) is 0 Å². The van der Waals surface area contributed by atoms with E-state index >= 15 is 0 Å². The monoisotopic (exact) mass is 376 g/mol. The number of nitrogens with zero attached hydrogens (tertiary/aromatic N) is 3. The Bertz CT molecular complexity index is 917. The van der Waals surface area contributed by atoms with Crippen molar-refractivity contribution in [2.75, 3.05) is 6.54 Å². The first-order valence-electron chi connectivity index (χ1n) is 9.41. The molecule has 2 atom stereocenters. The Morgan fingerprint density at radius 3 is 2.59 bits per heavy atom. The topological polar surface area (TPSA) is 33.1 Å². The Labute approximate surface area is 165 Å². The smallest absolute Gasteiger partial charge is 0.170 e. The molecule has 1 aliphatic heterocycles. The highest BCUT2D eigenvalue weighted by Crippen LogP contribution is 2.39. The number of hydrogen-bond donors (Lipinski definition) is 1. The van der Waals surface area contributed by atoms with Crippen LogP contribution in [0.1, 0.15) is 42.4 Å². The Balaban J connectivity index is 1.80. The van der Waals surface area contributed by atoms with Crippen LogP contribution in [0.3, 0.4) is 0 Å². The maximum atomic E-state index is 5.69. The molecule has 1 aliphatic rings. The van der Waals surface area contributed by atoms with Crippen molar-refractivity contribution in [3.05, 3.63) is 83.9 Å². The summed E-state index contributed by atoms with van der Waals surface area (Å²) in [7, 11) is 0. The Morgan fingerprint density at radius 2 is 1.89 bits per heavy atom. The molecule has 0 spiro atoms. The zero-order valence-electron chi connectivity index (χ0n) is 15.7. The number of nitrogens with one attached hydrogen (secondary N) is 1. The Hall–Kier alpha value is -2.66. The molecule has 1 N–H and O–H groups in total. The fraction of sp³-hybridized carbons (Fsp3) is 0.273. The van der Waals surface area contributed by atoms with Crippen molar-refractivity contribution >= 4 is 17.3 Å². The molecule has 0 saturated carbocycles. The van der Waals surface area contributed by atoms with Crippen LogP contribution in [-0.4, -0.2) is 26.1 Å². The second kappa shape index (κ2) is 7.53. The number of hydrogen-bond acceptors (Lipinski definition) is 2. The second-order valence-electron chi connectivity index (χ2n) is 6.96. The van der Waals surface area contributed by atoms with Gasteiger partial charge in [0.05, 0.1) is 17.8 Å². The molecule has 138 valence electrons. The lowest BCUT2D eigenvalue weighted by molar-refractivity contribution is 0.309. The summed E-state index contributed by atoms with van der Waals surface area (Å²) in [6.45, 7) is 5.21. The fourth-order valence-electron chi connectivity index (χ4n) is 3.78. The van der Waals surface area contributed by atoms with E-state index in [0.717, 1.165) is 29.5 Å². The lowest BCUT2D eigenvalue weighted by atomic mass is 10.0. The predicted octanol–water partition coefficient (Wildman–Crippen LogP) is 4.56. The van der Waals surface area contributed by atoms with Gasteiger partial charge in [0.1, 0.15) is 0 Å². The van der Waals surface area contributed by atoms with E-state index in [2.05, 4.69) is 82.3 Å². The predicted molar refractivity (Wildman–Crippen MR) is 113 cm³/mol. The quantitative estimate of drug-likeness (QED) is 0.662. The lowest BCUT2D eigenvalue weighted by Gasteiger charge is -2.28. The van der Waals surface area contributed by atoms with Gasteiger partial charge in [0, 0.05) is 30.3 Å². The SMILES string of the molecule is CCCN1C(=S)NC(c2ccccn2)C1c1cccn1-c1ccc(C)cc1. The summed E-state index contributed by atoms with van der Waals surface area (Å²) in [5.74, 6) is 0. The Morgan fingerprint density at radius 1 is 1.07 bits per heavy atom. The van der Waals surface area contributed by atoms with Crippen molar-refractivity contribution in [3.63, 3.8) is 0 Å². The van der Waals surface area contributed by atoms with Crippen LogP contribution in [0.25, 0.3) is 5.69 Å². The molecule has 0 bridgehead atoms. The summed E-state index contributed by atoms with van der Waals surface area (Å²) in [5, 5.41) is 4.31. The standard InChI is InChI=1S/C22H24N4S/c1-3-14-26-21(20(24-22(26)27)18-7-4-5-13-23-18)19-8-6-15-25(19)17-11-9-16(2)10-12-17/h4-13,15,20-21H,3,14H2,1-2H3,(H,24,27). The average molecular weight is 377 g/mol. The summed E-state index contributed by atoms with van der Waals surface area (Å²) in [5.41, 5.74) is 4.65. The molecular weight excluding hydrogens is 352 g/mol. The van der Waals surface area contributed by atoms with Gasteiger partial charge < -0.3 is 14.8 Å². The van der Waals surface area contributed by atoms with Crippen LogP contribution in [0, 0.1) is 6.92 Å². The largest absolute Gasteiger partial charge is 0.352 e. The molecular formula is C22H24N4S. The van der Waals surface area contributed by atoms with Crippen molar-refractivity contribution in [3.8, 4) is 5.69 Å². The zero-order chi connectivity index (χ0) is 18.8. The molecule has 0 radical (unpaired) electrons. The van der Waals surface area contributed by atoms with E-state index in [1.54, 1.807) is 0 Å². The molecule has 1 saturated heterocycles. The second-order valence-corrected chi connectivity index (χ2v) is 7.35. The highest BCUT2D eigenvalue weighted by Gasteiger charge is 2.40. The van der Waals surface area contributed by atoms with Crippen LogP contribution in [0.5, 0.6) is 0 Å². The molecule has 1 aromatic carbocycles.